The number of nitrogens with one attached hydrogen (secondary N) is 4. The lowest BCUT2D eigenvalue weighted by Gasteiger charge is -2.36. The monoisotopic (exact) mass is 1030 g/mol. The zero-order valence-corrected chi connectivity index (χ0v) is 42.5. The van der Waals surface area contributed by atoms with E-state index in [2.05, 4.69) is 31.3 Å². The maximum atomic E-state index is 13.0. The summed E-state index contributed by atoms with van der Waals surface area (Å²) in [6.45, 7) is 7.76. The number of guanidine groups is 2. The second-order valence-electron chi connectivity index (χ2n) is 19.4. The SMILES string of the molecule is NC(N)=Nc1ccc(CNC(=O)N2CCN(C(=O)OC3CCCC(OC(=O)N4CCN(C(=O)NCc5ccc(N=C(N)N)cc5)CC4)CCC3)CC2)cc1.O=C(NCCC1CCNCC1)C1CCN(C(=O)O)CC1. The third-order valence-electron chi connectivity index (χ3n) is 14.0. The Hall–Kier alpha value is -7.24. The van der Waals surface area contributed by atoms with Gasteiger partial charge in [0.25, 0.3) is 0 Å². The topological polar surface area (TPSA) is 334 Å². The van der Waals surface area contributed by atoms with Gasteiger partial charge in [-0.05, 0) is 125 Å². The number of ether oxygens (including phenoxy) is 2. The summed E-state index contributed by atoms with van der Waals surface area (Å²) >= 11 is 0. The number of likely N-dealkylation sites (tertiary alicyclic amines) is 1. The number of hydrogen-bond acceptors (Lipinski definition) is 11. The molecule has 0 unspecified atom stereocenters. The van der Waals surface area contributed by atoms with Crippen LogP contribution in [0.15, 0.2) is 58.5 Å². The third-order valence-corrected chi connectivity index (χ3v) is 14.0. The van der Waals surface area contributed by atoms with Crippen LogP contribution in [0.25, 0.3) is 0 Å². The Balaban J connectivity index is 0.000000371. The zero-order valence-electron chi connectivity index (χ0n) is 42.5. The van der Waals surface area contributed by atoms with Crippen LogP contribution in [0.1, 0.15) is 81.8 Å². The molecule has 406 valence electrons. The minimum Gasteiger partial charge on any atom is -0.465 e. The van der Waals surface area contributed by atoms with Crippen LogP contribution < -0.4 is 44.2 Å². The van der Waals surface area contributed by atoms with Crippen LogP contribution in [0.3, 0.4) is 0 Å². The molecule has 4 aliphatic heterocycles. The number of piperidine rings is 2. The van der Waals surface area contributed by atoms with Gasteiger partial charge in [0.15, 0.2) is 11.9 Å². The van der Waals surface area contributed by atoms with E-state index in [1.807, 2.05) is 24.3 Å². The molecule has 13 N–H and O–H groups in total. The number of carbonyl (C=O) groups is 6. The predicted octanol–water partition coefficient (Wildman–Crippen LogP) is 3.10. The van der Waals surface area contributed by atoms with Crippen molar-refractivity contribution in [2.24, 2.45) is 44.8 Å². The molecule has 1 aliphatic carbocycles. The molecule has 24 heteroatoms. The highest BCUT2D eigenvalue weighted by atomic mass is 16.6. The van der Waals surface area contributed by atoms with Gasteiger partial charge in [-0.2, -0.15) is 0 Å². The smallest absolute Gasteiger partial charge is 0.410 e. The van der Waals surface area contributed by atoms with Crippen LogP contribution in [0.4, 0.5) is 35.3 Å². The molecule has 4 heterocycles. The van der Waals surface area contributed by atoms with E-state index in [0.717, 1.165) is 55.9 Å². The van der Waals surface area contributed by atoms with Gasteiger partial charge in [0.2, 0.25) is 5.91 Å². The summed E-state index contributed by atoms with van der Waals surface area (Å²) in [5, 5.41) is 21.1. The molecule has 4 saturated heterocycles. The lowest BCUT2D eigenvalue weighted by Crippen LogP contribution is -2.53. The van der Waals surface area contributed by atoms with Gasteiger partial charge in [-0.1, -0.05) is 24.3 Å². The first kappa shape index (κ1) is 56.1. The van der Waals surface area contributed by atoms with Crippen LogP contribution >= 0.6 is 0 Å². The Morgan fingerprint density at radius 2 is 0.946 bits per heavy atom. The number of nitrogens with zero attached hydrogens (tertiary/aromatic N) is 7. The Labute approximate surface area is 432 Å². The summed E-state index contributed by atoms with van der Waals surface area (Å²) in [6.07, 6.45) is 6.96. The average molecular weight is 1030 g/mol. The van der Waals surface area contributed by atoms with Crippen LogP contribution in [-0.4, -0.2) is 175 Å². The van der Waals surface area contributed by atoms with E-state index in [0.29, 0.717) is 128 Å². The summed E-state index contributed by atoms with van der Waals surface area (Å²) in [7, 11) is 0. The van der Waals surface area contributed by atoms with E-state index in [4.69, 9.17) is 37.5 Å². The Kier molecular flexibility index (Phi) is 21.9. The minimum atomic E-state index is -0.880. The Morgan fingerprint density at radius 1 is 0.541 bits per heavy atom. The Bertz CT molecular complexity index is 2070. The predicted molar refractivity (Wildman–Crippen MR) is 278 cm³/mol. The molecule has 24 nitrogen and oxygen atoms in total. The Morgan fingerprint density at radius 3 is 1.34 bits per heavy atom. The molecule has 2 aromatic rings. The summed E-state index contributed by atoms with van der Waals surface area (Å²) in [6, 6.07) is 14.1. The van der Waals surface area contributed by atoms with Crippen LogP contribution in [-0.2, 0) is 27.4 Å². The van der Waals surface area contributed by atoms with Crippen molar-refractivity contribution in [1.82, 2.24) is 45.8 Å². The van der Waals surface area contributed by atoms with Crippen molar-refractivity contribution in [2.75, 3.05) is 85.1 Å². The molecule has 5 fully saturated rings. The number of urea groups is 2. The first-order valence-corrected chi connectivity index (χ1v) is 26.0. The van der Waals surface area contributed by atoms with E-state index in [1.165, 1.54) is 17.7 Å². The average Bonchev–Trinajstić information content (AvgIpc) is 3.39. The maximum Gasteiger partial charge on any atom is 0.410 e. The summed E-state index contributed by atoms with van der Waals surface area (Å²) in [5.41, 5.74) is 24.7. The van der Waals surface area contributed by atoms with E-state index >= 15 is 0 Å². The summed E-state index contributed by atoms with van der Waals surface area (Å²) in [5.74, 6) is 0.774. The second-order valence-corrected chi connectivity index (χ2v) is 19.4. The fraction of sp³-hybridized carbons (Fsp3) is 0.600. The summed E-state index contributed by atoms with van der Waals surface area (Å²) in [4.78, 5) is 90.3. The van der Waals surface area contributed by atoms with Crippen molar-refractivity contribution in [3.63, 3.8) is 0 Å². The van der Waals surface area contributed by atoms with Crippen molar-refractivity contribution < 1.29 is 43.3 Å². The van der Waals surface area contributed by atoms with Gasteiger partial charge in [0.05, 0.1) is 11.4 Å². The molecule has 7 rings (SSSR count). The van der Waals surface area contributed by atoms with Crippen molar-refractivity contribution in [3.8, 4) is 0 Å². The fourth-order valence-corrected chi connectivity index (χ4v) is 9.59. The lowest BCUT2D eigenvalue weighted by molar-refractivity contribution is -0.126. The van der Waals surface area contributed by atoms with Crippen molar-refractivity contribution >= 4 is 59.5 Å². The molecule has 74 heavy (non-hydrogen) atoms. The molecule has 5 aliphatic rings. The fourth-order valence-electron chi connectivity index (χ4n) is 9.59. The highest BCUT2D eigenvalue weighted by Crippen LogP contribution is 2.25. The molecular weight excluding hydrogens is 955 g/mol. The van der Waals surface area contributed by atoms with Crippen LogP contribution in [0, 0.1) is 11.8 Å². The van der Waals surface area contributed by atoms with Crippen LogP contribution in [0.5, 0.6) is 0 Å². The number of hydrogen-bond donors (Lipinski definition) is 9. The van der Waals surface area contributed by atoms with Gasteiger partial charge < -0.3 is 83.3 Å². The largest absolute Gasteiger partial charge is 0.465 e. The first-order chi connectivity index (χ1) is 35.7. The van der Waals surface area contributed by atoms with Crippen LogP contribution in [0.2, 0.25) is 0 Å². The van der Waals surface area contributed by atoms with Gasteiger partial charge in [-0.15, -0.1) is 0 Å². The van der Waals surface area contributed by atoms with Gasteiger partial charge in [0.1, 0.15) is 12.2 Å². The van der Waals surface area contributed by atoms with Crippen molar-refractivity contribution in [3.05, 3.63) is 59.7 Å². The van der Waals surface area contributed by atoms with E-state index in [-0.39, 0.29) is 60.2 Å². The van der Waals surface area contributed by atoms with Gasteiger partial charge in [-0.25, -0.2) is 34.0 Å². The molecule has 0 aromatic heterocycles. The highest BCUT2D eigenvalue weighted by molar-refractivity contribution is 5.80. The zero-order chi connectivity index (χ0) is 52.8. The molecule has 2 aromatic carbocycles. The molecule has 0 bridgehead atoms. The van der Waals surface area contributed by atoms with Gasteiger partial charge in [0, 0.05) is 91.0 Å². The van der Waals surface area contributed by atoms with E-state index < -0.39 is 6.09 Å². The molecule has 0 spiro atoms. The number of aliphatic imine (C=N–C) groups is 2. The molecule has 8 amide bonds. The van der Waals surface area contributed by atoms with Gasteiger partial charge in [-0.3, -0.25) is 4.79 Å². The van der Waals surface area contributed by atoms with Crippen molar-refractivity contribution in [2.45, 2.75) is 95.9 Å². The number of benzene rings is 2. The third kappa shape index (κ3) is 18.7. The standard InChI is InChI=1S/C36H52N12O6.C14H25N3O3/c37-31(38)43-27-11-7-25(8-12-27)23-41-33(49)45-15-19-47(20-16-45)35(51)53-29-3-1-4-30(6-2-5-29)54-36(52)48-21-17-46(18-22-48)34(50)42-24-26-9-13-28(14-10-26)44-32(39)40;18-13(12-4-9-17(10-5-12)14(19)20)16-8-3-11-1-6-15-7-2-11/h7-14,29-30H,1-6,15-24H2,(H,41,49)(H,42,50)(H4,37,38,43)(H4,39,40,44);11-12,15H,1-10H2,(H,16,18)(H,19,20). The number of amides is 8. The molecule has 0 radical (unpaired) electrons. The number of piperazine rings is 2. The summed E-state index contributed by atoms with van der Waals surface area (Å²) < 4.78 is 11.8. The minimum absolute atomic E-state index is 0.0152. The highest BCUT2D eigenvalue weighted by Gasteiger charge is 2.31. The number of carboxylic acid groups (broad SMARTS) is 1. The normalized spacial score (nSPS) is 19.8. The quantitative estimate of drug-likeness (QED) is 0.109. The number of carbonyl (C=O) groups excluding carboxylic acids is 5. The second kappa shape index (κ2) is 28.9. The molecule has 1 saturated carbocycles. The van der Waals surface area contributed by atoms with Crippen molar-refractivity contribution in [1.29, 1.82) is 0 Å². The molecule has 0 atom stereocenters. The number of rotatable bonds is 12. The van der Waals surface area contributed by atoms with Gasteiger partial charge >= 0.3 is 30.3 Å². The molecular formula is C50H77N15O9. The maximum absolute atomic E-state index is 13.0. The van der Waals surface area contributed by atoms with E-state index in [9.17, 15) is 28.8 Å². The number of nitrogens with two attached hydrogens (primary N) is 4. The first-order valence-electron chi connectivity index (χ1n) is 26.0. The van der Waals surface area contributed by atoms with E-state index in [1.54, 1.807) is 43.9 Å². The lowest BCUT2D eigenvalue weighted by atomic mass is 9.94.